The molecule has 25 nitrogen and oxygen atoms in total. The molecule has 8 rings (SSSR count). The van der Waals surface area contributed by atoms with Crippen molar-refractivity contribution in [1.82, 2.24) is 15.6 Å². The predicted molar refractivity (Wildman–Crippen MR) is 332 cm³/mol. The van der Waals surface area contributed by atoms with Gasteiger partial charge in [0.15, 0.2) is 0 Å². The molecule has 5 aromatic carbocycles. The van der Waals surface area contributed by atoms with Gasteiger partial charge in [-0.3, -0.25) is 41.9 Å². The van der Waals surface area contributed by atoms with E-state index in [1.807, 2.05) is 30.3 Å². The number of allylic oxidation sites excluding steroid dienone is 5. The van der Waals surface area contributed by atoms with Crippen LogP contribution in [-0.4, -0.2) is 132 Å². The molecule has 0 spiro atoms. The predicted octanol–water partition coefficient (Wildman–Crippen LogP) is 7.32. The summed E-state index contributed by atoms with van der Waals surface area (Å²) in [6.45, 7) is 7.21. The van der Waals surface area contributed by atoms with E-state index in [0.717, 1.165) is 17.7 Å². The van der Waals surface area contributed by atoms with Crippen LogP contribution < -0.4 is 20.4 Å². The molecule has 1 aromatic heterocycles. The van der Waals surface area contributed by atoms with Gasteiger partial charge in [0.1, 0.15) is 9.79 Å². The monoisotopic (exact) mass is 1340 g/mol. The Morgan fingerprint density at radius 3 is 1.70 bits per heavy atom. The Hall–Kier alpha value is -7.01. The van der Waals surface area contributed by atoms with Crippen LogP contribution in [0, 0.1) is 0 Å². The number of anilines is 2. The molecular formula is C58H65N5O20S6. The molecule has 3 heterocycles. The van der Waals surface area contributed by atoms with Crippen molar-refractivity contribution >= 4 is 111 Å². The maximum absolute atomic E-state index is 13.5. The standard InChI is InChI=1S/C58H65N5O20S6/c1-57(2)51(62(27-11-29-84(66,67)68)47-22-19-42-44(54(47)57)31-40(86(72,73)74)33-49(42)88(78,79)80)24-17-38(46-21-16-39(36-60-46)56(65)59-26-10-6-9-15-53(64)61-35-37-13-7-5-8-14-37)18-25-52-58(3,4)55-45-32-41(87(75,76)77)34-50(89(81,82)83)43(45)20-23-48(55)63(52)28-12-30-85(69,70)71/h5,7-8,13-14,16-25,31-34,36,51H,6,9-12,15,26-30,35H2,1-4H3,(H,59,65)(H,61,64)(H,66,67,68)(H,69,70,71)(H,72,73,74)(H,75,76,77)(H,78,79,80)(H,81,82,83)/b24-17+,38-18?,52-25?. The molecule has 0 radical (unpaired) electrons. The van der Waals surface area contributed by atoms with Crippen LogP contribution >= 0.6 is 0 Å². The highest BCUT2D eigenvalue weighted by atomic mass is 32.2. The van der Waals surface area contributed by atoms with Crippen molar-refractivity contribution in [3.8, 4) is 0 Å². The summed E-state index contributed by atoms with van der Waals surface area (Å²) in [5.74, 6) is -2.01. The second-order valence-corrected chi connectivity index (χ2v) is 31.3. The molecule has 0 saturated carbocycles. The highest BCUT2D eigenvalue weighted by Gasteiger charge is 2.46. The van der Waals surface area contributed by atoms with E-state index in [1.54, 1.807) is 61.8 Å². The largest absolute Gasteiger partial charge is 0.364 e. The second kappa shape index (κ2) is 25.7. The summed E-state index contributed by atoms with van der Waals surface area (Å²) in [6, 6.07) is 20.4. The van der Waals surface area contributed by atoms with E-state index in [9.17, 15) is 87.4 Å². The number of nitrogens with zero attached hydrogens (tertiary/aromatic N) is 3. The number of unbranched alkanes of at least 4 members (excludes halogenated alkanes) is 2. The fraction of sp³-hybridized carbons (Fsp3) is 0.328. The number of amides is 2. The van der Waals surface area contributed by atoms with Crippen LogP contribution in [0.1, 0.15) is 99.0 Å². The summed E-state index contributed by atoms with van der Waals surface area (Å²) < 4.78 is 211. The lowest BCUT2D eigenvalue weighted by molar-refractivity contribution is -0.121. The summed E-state index contributed by atoms with van der Waals surface area (Å²) >= 11 is 0. The van der Waals surface area contributed by atoms with Crippen molar-refractivity contribution in [2.24, 2.45) is 0 Å². The summed E-state index contributed by atoms with van der Waals surface area (Å²) in [4.78, 5) is 30.6. The number of benzene rings is 5. The van der Waals surface area contributed by atoms with Crippen molar-refractivity contribution in [3.63, 3.8) is 0 Å². The van der Waals surface area contributed by atoms with Crippen LogP contribution in [0.2, 0.25) is 0 Å². The first kappa shape index (κ1) is 67.9. The number of hydrogen-bond acceptors (Lipinski definition) is 17. The van der Waals surface area contributed by atoms with Crippen molar-refractivity contribution in [3.05, 3.63) is 155 Å². The van der Waals surface area contributed by atoms with Crippen LogP contribution in [0.25, 0.3) is 27.1 Å². The Balaban J connectivity index is 1.23. The van der Waals surface area contributed by atoms with Crippen molar-refractivity contribution < 1.29 is 87.4 Å². The van der Waals surface area contributed by atoms with Crippen LogP contribution in [0.15, 0.2) is 147 Å². The number of hydrogen-bond donors (Lipinski definition) is 8. The summed E-state index contributed by atoms with van der Waals surface area (Å²) in [5, 5.41) is 5.39. The van der Waals surface area contributed by atoms with E-state index in [0.29, 0.717) is 67.0 Å². The molecule has 478 valence electrons. The molecular weight excluding hydrogens is 1280 g/mol. The van der Waals surface area contributed by atoms with Gasteiger partial charge in [-0.1, -0.05) is 94.8 Å². The molecule has 0 aliphatic carbocycles. The van der Waals surface area contributed by atoms with Crippen LogP contribution in [0.3, 0.4) is 0 Å². The molecule has 0 fully saturated rings. The molecule has 1 atom stereocenters. The van der Waals surface area contributed by atoms with Gasteiger partial charge in [-0.25, -0.2) is 0 Å². The van der Waals surface area contributed by atoms with Gasteiger partial charge in [0, 0.05) is 77.5 Å². The molecule has 0 bridgehead atoms. The Bertz CT molecular complexity index is 4610. The first-order chi connectivity index (χ1) is 41.3. The fourth-order valence-corrected chi connectivity index (χ4v) is 15.2. The van der Waals surface area contributed by atoms with Gasteiger partial charge in [-0.05, 0) is 113 Å². The van der Waals surface area contributed by atoms with Gasteiger partial charge >= 0.3 is 0 Å². The van der Waals surface area contributed by atoms with Crippen molar-refractivity contribution in [2.75, 3.05) is 40.9 Å². The summed E-state index contributed by atoms with van der Waals surface area (Å²) in [5.41, 5.74) is 0.596. The Morgan fingerprint density at radius 1 is 0.596 bits per heavy atom. The van der Waals surface area contributed by atoms with Gasteiger partial charge < -0.3 is 20.4 Å². The summed E-state index contributed by atoms with van der Waals surface area (Å²) in [6.07, 6.45) is 9.44. The number of carbonyl (C=O) groups is 2. The topological polar surface area (TPSA) is 404 Å². The lowest BCUT2D eigenvalue weighted by atomic mass is 9.78. The quantitative estimate of drug-likeness (QED) is 0.0158. The van der Waals surface area contributed by atoms with Crippen molar-refractivity contribution in [2.45, 2.75) is 109 Å². The molecule has 89 heavy (non-hydrogen) atoms. The third-order valence-electron chi connectivity index (χ3n) is 15.6. The number of nitrogens with one attached hydrogen (secondary N) is 2. The minimum atomic E-state index is -5.16. The Morgan fingerprint density at radius 2 is 1.16 bits per heavy atom. The number of aromatic nitrogens is 1. The molecule has 6 aromatic rings. The smallest absolute Gasteiger partial charge is 0.295 e. The van der Waals surface area contributed by atoms with E-state index in [-0.39, 0.29) is 82.3 Å². The minimum absolute atomic E-state index is 0.0269. The third kappa shape index (κ3) is 15.8. The first-order valence-electron chi connectivity index (χ1n) is 27.5. The average molecular weight is 1340 g/mol. The zero-order chi connectivity index (χ0) is 65.5. The highest BCUT2D eigenvalue weighted by molar-refractivity contribution is 7.87. The Kier molecular flexibility index (Phi) is 19.6. The Labute approximate surface area is 516 Å². The fourth-order valence-electron chi connectivity index (χ4n) is 11.6. The van der Waals surface area contributed by atoms with Crippen molar-refractivity contribution in [1.29, 1.82) is 0 Å². The molecule has 0 saturated heterocycles. The zero-order valence-electron chi connectivity index (χ0n) is 48.3. The number of fused-ring (bicyclic) bond motifs is 6. The molecule has 8 N–H and O–H groups in total. The maximum Gasteiger partial charge on any atom is 0.295 e. The van der Waals surface area contributed by atoms with E-state index in [1.165, 1.54) is 42.6 Å². The highest BCUT2D eigenvalue weighted by Crippen LogP contribution is 2.53. The first-order valence-corrected chi connectivity index (χ1v) is 36.5. The lowest BCUT2D eigenvalue weighted by Crippen LogP contribution is -2.41. The zero-order valence-corrected chi connectivity index (χ0v) is 53.2. The normalized spacial score (nSPS) is 16.8. The van der Waals surface area contributed by atoms with E-state index in [2.05, 4.69) is 15.6 Å². The molecule has 2 aliphatic heterocycles. The van der Waals surface area contributed by atoms with Gasteiger partial charge in [-0.15, -0.1) is 0 Å². The second-order valence-electron chi connectivity index (χ2n) is 22.6. The van der Waals surface area contributed by atoms with Gasteiger partial charge in [0.25, 0.3) is 66.6 Å². The summed E-state index contributed by atoms with van der Waals surface area (Å²) in [7, 11) is -29.6. The molecule has 31 heteroatoms. The molecule has 2 amide bonds. The van der Waals surface area contributed by atoms with Crippen LogP contribution in [0.5, 0.6) is 0 Å². The van der Waals surface area contributed by atoms with E-state index in [4.69, 9.17) is 0 Å². The SMILES string of the molecule is CC1(C)C(=CC=C(/C=C/C2N(CCCS(=O)(=O)O)c3ccc4c(S(=O)(=O)O)cc(S(=O)(=O)O)cc4c3C2(C)C)c2ccc(C(=O)NCCCCCC(=O)NCc3ccccc3)cn2)N(CCCS(=O)(=O)O)c2ccc3c(S(=O)(=O)O)cc(S(=O)(=O)O)cc3c21. The van der Waals surface area contributed by atoms with E-state index >= 15 is 0 Å². The van der Waals surface area contributed by atoms with Crippen LogP contribution in [-0.2, 0) is 82.9 Å². The number of rotatable bonds is 25. The average Bonchev–Trinajstić information content (AvgIpc) is 1.64. The minimum Gasteiger partial charge on any atom is -0.364 e. The lowest BCUT2D eigenvalue weighted by Gasteiger charge is -2.32. The number of carbonyl (C=O) groups excluding carboxylic acids is 2. The molecule has 1 unspecified atom stereocenters. The van der Waals surface area contributed by atoms with Gasteiger partial charge in [0.2, 0.25) is 5.91 Å². The van der Waals surface area contributed by atoms with Gasteiger partial charge in [0.05, 0.1) is 38.6 Å². The van der Waals surface area contributed by atoms with Gasteiger partial charge in [-0.2, -0.15) is 50.5 Å². The number of pyridine rings is 1. The third-order valence-corrected chi connectivity index (χ3v) is 20.7. The molecule has 2 aliphatic rings. The van der Waals surface area contributed by atoms with Crippen LogP contribution in [0.4, 0.5) is 11.4 Å². The maximum atomic E-state index is 13.5. The van der Waals surface area contributed by atoms with E-state index < -0.39 is 115 Å².